The lowest BCUT2D eigenvalue weighted by Gasteiger charge is -2.35. The molecule has 2 aromatic rings. The van der Waals surface area contributed by atoms with Crippen molar-refractivity contribution < 1.29 is 4.79 Å². The molecule has 1 aliphatic heterocycles. The molecular formula is C21H22N2O. The molecule has 0 amide bonds. The van der Waals surface area contributed by atoms with Crippen LogP contribution >= 0.6 is 0 Å². The average molecular weight is 318 g/mol. The van der Waals surface area contributed by atoms with Gasteiger partial charge in [-0.3, -0.25) is 4.79 Å². The third-order valence-corrected chi connectivity index (χ3v) is 4.88. The Kier molecular flexibility index (Phi) is 3.45. The molecular weight excluding hydrogens is 296 g/mol. The van der Waals surface area contributed by atoms with Crippen molar-refractivity contribution in [2.45, 2.75) is 32.7 Å². The number of fused-ring (bicyclic) bond motifs is 1. The summed E-state index contributed by atoms with van der Waals surface area (Å²) in [6.07, 6.45) is 1.49. The normalized spacial score (nSPS) is 21.9. The van der Waals surface area contributed by atoms with Gasteiger partial charge >= 0.3 is 0 Å². The number of benzene rings is 2. The summed E-state index contributed by atoms with van der Waals surface area (Å²) in [6, 6.07) is 18.5. The number of hydrogen-bond donors (Lipinski definition) is 2. The number of hydrogen-bond acceptors (Lipinski definition) is 3. The topological polar surface area (TPSA) is 41.1 Å². The molecule has 0 bridgehead atoms. The van der Waals surface area contributed by atoms with Gasteiger partial charge in [0.15, 0.2) is 5.78 Å². The van der Waals surface area contributed by atoms with Crippen LogP contribution in [-0.4, -0.2) is 5.78 Å². The van der Waals surface area contributed by atoms with E-state index in [1.165, 1.54) is 11.1 Å². The van der Waals surface area contributed by atoms with Crippen LogP contribution in [0.15, 0.2) is 65.9 Å². The number of Topliss-reactive ketones (excluding diaryl/α,β-unsaturated/α-hetero) is 1. The van der Waals surface area contributed by atoms with Crippen LogP contribution < -0.4 is 10.6 Å². The Balaban J connectivity index is 1.89. The van der Waals surface area contributed by atoms with E-state index >= 15 is 0 Å². The predicted octanol–water partition coefficient (Wildman–Crippen LogP) is 4.91. The summed E-state index contributed by atoms with van der Waals surface area (Å²) in [7, 11) is 0. The van der Waals surface area contributed by atoms with Gasteiger partial charge in [0, 0.05) is 6.42 Å². The van der Waals surface area contributed by atoms with Gasteiger partial charge in [-0.2, -0.15) is 0 Å². The lowest BCUT2D eigenvalue weighted by molar-refractivity contribution is -0.118. The van der Waals surface area contributed by atoms with Gasteiger partial charge in [-0.15, -0.1) is 0 Å². The van der Waals surface area contributed by atoms with Gasteiger partial charge in [0.2, 0.25) is 0 Å². The number of anilines is 2. The molecule has 0 fully saturated rings. The molecule has 1 aliphatic carbocycles. The lowest BCUT2D eigenvalue weighted by Crippen LogP contribution is -2.31. The maximum absolute atomic E-state index is 12.8. The second kappa shape index (κ2) is 5.52. The highest BCUT2D eigenvalue weighted by molar-refractivity contribution is 6.02. The van der Waals surface area contributed by atoms with Crippen molar-refractivity contribution in [2.75, 3.05) is 10.6 Å². The van der Waals surface area contributed by atoms with Crippen LogP contribution in [-0.2, 0) is 4.79 Å². The van der Waals surface area contributed by atoms with Gasteiger partial charge in [0.05, 0.1) is 23.1 Å². The van der Waals surface area contributed by atoms with E-state index in [0.717, 1.165) is 23.5 Å². The van der Waals surface area contributed by atoms with Crippen molar-refractivity contribution in [2.24, 2.45) is 5.41 Å². The van der Waals surface area contributed by atoms with Crippen LogP contribution in [0.2, 0.25) is 0 Å². The zero-order chi connectivity index (χ0) is 16.7. The molecule has 122 valence electrons. The highest BCUT2D eigenvalue weighted by Gasteiger charge is 2.38. The Morgan fingerprint density at radius 2 is 1.58 bits per heavy atom. The Morgan fingerprint density at radius 1 is 0.917 bits per heavy atom. The quantitative estimate of drug-likeness (QED) is 0.785. The molecule has 1 heterocycles. The third kappa shape index (κ3) is 2.60. The van der Waals surface area contributed by atoms with E-state index in [1.54, 1.807) is 0 Å². The van der Waals surface area contributed by atoms with Gasteiger partial charge in [-0.1, -0.05) is 56.3 Å². The Labute approximate surface area is 142 Å². The fourth-order valence-corrected chi connectivity index (χ4v) is 3.79. The van der Waals surface area contributed by atoms with E-state index in [4.69, 9.17) is 0 Å². The van der Waals surface area contributed by atoms with Crippen LogP contribution in [0.5, 0.6) is 0 Å². The lowest BCUT2D eigenvalue weighted by atomic mass is 9.73. The maximum atomic E-state index is 12.8. The van der Waals surface area contributed by atoms with Crippen LogP contribution in [0.3, 0.4) is 0 Å². The summed E-state index contributed by atoms with van der Waals surface area (Å²) in [5, 5.41) is 7.08. The summed E-state index contributed by atoms with van der Waals surface area (Å²) >= 11 is 0. The molecule has 0 saturated carbocycles. The van der Waals surface area contributed by atoms with E-state index in [1.807, 2.05) is 24.3 Å². The second-order valence-electron chi connectivity index (χ2n) is 7.50. The Bertz CT molecular complexity index is 821. The number of ketones is 1. The first-order valence-corrected chi connectivity index (χ1v) is 8.47. The first-order valence-electron chi connectivity index (χ1n) is 8.47. The average Bonchev–Trinajstić information content (AvgIpc) is 2.72. The Morgan fingerprint density at radius 3 is 2.33 bits per heavy atom. The monoisotopic (exact) mass is 318 g/mol. The van der Waals surface area contributed by atoms with Crippen molar-refractivity contribution in [1.29, 1.82) is 0 Å². The van der Waals surface area contributed by atoms with Crippen LogP contribution in [0.25, 0.3) is 0 Å². The fraction of sp³-hybridized carbons (Fsp3) is 0.286. The molecule has 1 atom stereocenters. The number of nitrogens with one attached hydrogen (secondary N) is 2. The number of para-hydroxylation sites is 2. The van der Waals surface area contributed by atoms with Gasteiger partial charge in [-0.05, 0) is 35.1 Å². The molecule has 2 aromatic carbocycles. The highest BCUT2D eigenvalue weighted by Crippen LogP contribution is 2.45. The number of carbonyl (C=O) groups excluding carboxylic acids is 1. The van der Waals surface area contributed by atoms with Crippen molar-refractivity contribution in [3.05, 3.63) is 71.4 Å². The zero-order valence-corrected chi connectivity index (χ0v) is 14.1. The molecule has 0 aromatic heterocycles. The van der Waals surface area contributed by atoms with E-state index in [0.29, 0.717) is 6.42 Å². The first-order chi connectivity index (χ1) is 11.5. The maximum Gasteiger partial charge on any atom is 0.179 e. The predicted molar refractivity (Wildman–Crippen MR) is 97.9 cm³/mol. The molecule has 4 rings (SSSR count). The van der Waals surface area contributed by atoms with E-state index in [2.05, 4.69) is 54.8 Å². The summed E-state index contributed by atoms with van der Waals surface area (Å²) in [6.45, 7) is 4.35. The highest BCUT2D eigenvalue weighted by atomic mass is 16.1. The molecule has 24 heavy (non-hydrogen) atoms. The van der Waals surface area contributed by atoms with Gasteiger partial charge in [-0.25, -0.2) is 0 Å². The minimum atomic E-state index is -0.0111. The van der Waals surface area contributed by atoms with E-state index in [9.17, 15) is 4.79 Å². The SMILES string of the molecule is CC1(C)CC(=O)C2=C(C1)C(c1ccccc1)Nc1ccccc1N2. The van der Waals surface area contributed by atoms with Crippen LogP contribution in [0.4, 0.5) is 11.4 Å². The smallest absolute Gasteiger partial charge is 0.179 e. The molecule has 2 N–H and O–H groups in total. The van der Waals surface area contributed by atoms with E-state index < -0.39 is 0 Å². The van der Waals surface area contributed by atoms with Gasteiger partial charge < -0.3 is 10.6 Å². The Hall–Kier alpha value is -2.55. The summed E-state index contributed by atoms with van der Waals surface area (Å²) in [5.74, 6) is 0.209. The van der Waals surface area contributed by atoms with Crippen molar-refractivity contribution >= 4 is 17.2 Å². The van der Waals surface area contributed by atoms with E-state index in [-0.39, 0.29) is 17.2 Å². The number of allylic oxidation sites excluding steroid dienone is 1. The van der Waals surface area contributed by atoms with Gasteiger partial charge in [0.1, 0.15) is 0 Å². The summed E-state index contributed by atoms with van der Waals surface area (Å²) in [5.41, 5.74) is 5.12. The largest absolute Gasteiger partial charge is 0.373 e. The summed E-state index contributed by atoms with van der Waals surface area (Å²) < 4.78 is 0. The summed E-state index contributed by atoms with van der Waals surface area (Å²) in [4.78, 5) is 12.8. The van der Waals surface area contributed by atoms with Crippen molar-refractivity contribution in [3.8, 4) is 0 Å². The fourth-order valence-electron chi connectivity index (χ4n) is 3.79. The van der Waals surface area contributed by atoms with Crippen molar-refractivity contribution in [1.82, 2.24) is 0 Å². The molecule has 0 radical (unpaired) electrons. The van der Waals surface area contributed by atoms with Crippen LogP contribution in [0.1, 0.15) is 38.3 Å². The minimum Gasteiger partial charge on any atom is -0.373 e. The standard InChI is InChI=1S/C21H22N2O/c1-21(2)12-15-19(14-8-4-3-5-9-14)22-16-10-6-7-11-17(16)23-20(15)18(24)13-21/h3-11,19,22-23H,12-13H2,1-2H3. The minimum absolute atomic E-state index is 0.0111. The number of carbonyl (C=O) groups is 1. The molecule has 0 spiro atoms. The van der Waals surface area contributed by atoms with Gasteiger partial charge in [0.25, 0.3) is 0 Å². The molecule has 1 unspecified atom stereocenters. The zero-order valence-electron chi connectivity index (χ0n) is 14.1. The molecule has 3 heteroatoms. The van der Waals surface area contributed by atoms with Crippen molar-refractivity contribution in [3.63, 3.8) is 0 Å². The third-order valence-electron chi connectivity index (χ3n) is 4.88. The van der Waals surface area contributed by atoms with Crippen LogP contribution in [0, 0.1) is 5.41 Å². The molecule has 2 aliphatic rings. The second-order valence-corrected chi connectivity index (χ2v) is 7.50. The molecule has 0 saturated heterocycles. The molecule has 3 nitrogen and oxygen atoms in total. The number of rotatable bonds is 1. The first kappa shape index (κ1) is 15.0.